The maximum Gasteiger partial charge on any atom is 0.344 e. The van der Waals surface area contributed by atoms with Crippen molar-refractivity contribution in [2.45, 2.75) is 18.7 Å². The van der Waals surface area contributed by atoms with Crippen LogP contribution < -0.4 is 10.1 Å². The molecule has 0 radical (unpaired) electrons. The maximum atomic E-state index is 12.8. The number of halogens is 1. The summed E-state index contributed by atoms with van der Waals surface area (Å²) in [6.45, 7) is 4.07. The van der Waals surface area contributed by atoms with E-state index in [9.17, 15) is 18.0 Å². The van der Waals surface area contributed by atoms with Gasteiger partial charge in [-0.3, -0.25) is 4.79 Å². The Morgan fingerprint density at radius 1 is 1.06 bits per heavy atom. The van der Waals surface area contributed by atoms with Crippen LogP contribution in [0, 0.1) is 13.8 Å². The van der Waals surface area contributed by atoms with Gasteiger partial charge < -0.3 is 19.5 Å². The lowest BCUT2D eigenvalue weighted by Crippen LogP contribution is -2.40. The Kier molecular flexibility index (Phi) is 8.30. The highest BCUT2D eigenvalue weighted by molar-refractivity contribution is 7.89. The smallest absolute Gasteiger partial charge is 0.344 e. The minimum absolute atomic E-state index is 0.0112. The number of anilines is 1. The molecule has 178 valence electrons. The Bertz CT molecular complexity index is 1130. The predicted molar refractivity (Wildman–Crippen MR) is 122 cm³/mol. The molecule has 1 saturated heterocycles. The van der Waals surface area contributed by atoms with Crippen LogP contribution in [0.2, 0.25) is 5.02 Å². The van der Waals surface area contributed by atoms with E-state index in [1.54, 1.807) is 12.1 Å². The van der Waals surface area contributed by atoms with Crippen molar-refractivity contribution in [2.75, 3.05) is 44.8 Å². The highest BCUT2D eigenvalue weighted by Crippen LogP contribution is 2.27. The molecule has 33 heavy (non-hydrogen) atoms. The number of benzene rings is 2. The van der Waals surface area contributed by atoms with Crippen LogP contribution in [0.1, 0.15) is 11.1 Å². The molecule has 2 aromatic rings. The minimum Gasteiger partial charge on any atom is -0.482 e. The Balaban J connectivity index is 1.54. The summed E-state index contributed by atoms with van der Waals surface area (Å²) in [5.41, 5.74) is 2.22. The van der Waals surface area contributed by atoms with Gasteiger partial charge in [-0.15, -0.1) is 0 Å². The number of hydrogen-bond acceptors (Lipinski definition) is 7. The zero-order valence-electron chi connectivity index (χ0n) is 18.3. The van der Waals surface area contributed by atoms with Gasteiger partial charge in [-0.2, -0.15) is 4.31 Å². The van der Waals surface area contributed by atoms with Crippen LogP contribution in [0.4, 0.5) is 5.69 Å². The van der Waals surface area contributed by atoms with Gasteiger partial charge in [-0.1, -0.05) is 17.7 Å². The summed E-state index contributed by atoms with van der Waals surface area (Å²) >= 11 is 6.11. The normalized spacial score (nSPS) is 14.5. The third-order valence-corrected chi connectivity index (χ3v) is 7.24. The molecule has 0 spiro atoms. The number of carbonyl (C=O) groups is 2. The van der Waals surface area contributed by atoms with E-state index in [0.717, 1.165) is 11.1 Å². The van der Waals surface area contributed by atoms with E-state index in [2.05, 4.69) is 5.32 Å². The first-order valence-corrected chi connectivity index (χ1v) is 12.0. The van der Waals surface area contributed by atoms with Gasteiger partial charge in [0.05, 0.1) is 28.8 Å². The molecule has 0 bridgehead atoms. The molecule has 1 aliphatic heterocycles. The molecule has 1 N–H and O–H groups in total. The molecule has 3 rings (SSSR count). The summed E-state index contributed by atoms with van der Waals surface area (Å²) in [5, 5.41) is 2.62. The fourth-order valence-corrected chi connectivity index (χ4v) is 4.62. The van der Waals surface area contributed by atoms with Crippen LogP contribution in [-0.4, -0.2) is 64.1 Å². The molecule has 9 nitrogen and oxygen atoms in total. The molecule has 1 amide bonds. The largest absolute Gasteiger partial charge is 0.482 e. The topological polar surface area (TPSA) is 111 Å². The van der Waals surface area contributed by atoms with E-state index in [4.69, 9.17) is 25.8 Å². The van der Waals surface area contributed by atoms with Gasteiger partial charge in [0.15, 0.2) is 13.2 Å². The lowest BCUT2D eigenvalue weighted by Gasteiger charge is -2.26. The van der Waals surface area contributed by atoms with Crippen LogP contribution in [0.3, 0.4) is 0 Å². The number of nitrogens with one attached hydrogen (secondary N) is 1. The molecule has 1 heterocycles. The molecule has 2 aromatic carbocycles. The lowest BCUT2D eigenvalue weighted by atomic mass is 10.1. The van der Waals surface area contributed by atoms with Crippen LogP contribution in [0.5, 0.6) is 5.75 Å². The maximum absolute atomic E-state index is 12.8. The summed E-state index contributed by atoms with van der Waals surface area (Å²) in [5.74, 6) is -0.875. The summed E-state index contributed by atoms with van der Waals surface area (Å²) < 4.78 is 42.4. The van der Waals surface area contributed by atoms with E-state index >= 15 is 0 Å². The van der Waals surface area contributed by atoms with Crippen molar-refractivity contribution in [3.8, 4) is 5.75 Å². The summed E-state index contributed by atoms with van der Waals surface area (Å²) in [4.78, 5) is 24.1. The highest BCUT2D eigenvalue weighted by Gasteiger charge is 2.27. The average molecular weight is 497 g/mol. The zero-order valence-corrected chi connectivity index (χ0v) is 19.9. The molecule has 0 aliphatic carbocycles. The first-order chi connectivity index (χ1) is 15.7. The number of carbonyl (C=O) groups excluding carboxylic acids is 2. The third-order valence-electron chi connectivity index (χ3n) is 5.02. The van der Waals surface area contributed by atoms with E-state index in [-0.39, 0.29) is 35.3 Å². The number of nitrogens with zero attached hydrogens (tertiary/aromatic N) is 1. The number of rotatable bonds is 8. The summed E-state index contributed by atoms with van der Waals surface area (Å²) in [6.07, 6.45) is 0. The van der Waals surface area contributed by atoms with E-state index in [1.807, 2.05) is 19.9 Å². The molecule has 0 atom stereocenters. The molecule has 1 fully saturated rings. The molecular weight excluding hydrogens is 472 g/mol. The quantitative estimate of drug-likeness (QED) is 0.559. The Morgan fingerprint density at radius 3 is 2.48 bits per heavy atom. The van der Waals surface area contributed by atoms with Crippen molar-refractivity contribution in [3.63, 3.8) is 0 Å². The lowest BCUT2D eigenvalue weighted by molar-refractivity contribution is -0.149. The van der Waals surface area contributed by atoms with Crippen molar-refractivity contribution in [1.29, 1.82) is 0 Å². The molecule has 1 aliphatic rings. The van der Waals surface area contributed by atoms with E-state index < -0.39 is 28.5 Å². The number of sulfonamides is 1. The van der Waals surface area contributed by atoms with Crippen LogP contribution in [0.25, 0.3) is 0 Å². The number of hydrogen-bond donors (Lipinski definition) is 1. The molecule has 11 heteroatoms. The monoisotopic (exact) mass is 496 g/mol. The fraction of sp³-hybridized carbons (Fsp3) is 0.364. The summed E-state index contributed by atoms with van der Waals surface area (Å²) in [7, 11) is -3.76. The highest BCUT2D eigenvalue weighted by atomic mass is 35.5. The number of amides is 1. The Hall–Kier alpha value is -2.66. The van der Waals surface area contributed by atoms with Gasteiger partial charge in [-0.05, 0) is 55.3 Å². The Morgan fingerprint density at radius 2 is 1.79 bits per heavy atom. The van der Waals surface area contributed by atoms with E-state index in [1.165, 1.54) is 22.5 Å². The molecule has 0 unspecified atom stereocenters. The molecular formula is C22H25ClN2O7S. The van der Waals surface area contributed by atoms with Gasteiger partial charge in [0.1, 0.15) is 5.75 Å². The predicted octanol–water partition coefficient (Wildman–Crippen LogP) is 2.54. The number of ether oxygens (including phenoxy) is 3. The minimum atomic E-state index is -3.76. The first-order valence-electron chi connectivity index (χ1n) is 10.2. The van der Waals surface area contributed by atoms with Crippen molar-refractivity contribution in [3.05, 3.63) is 52.5 Å². The van der Waals surface area contributed by atoms with Crippen LogP contribution >= 0.6 is 11.6 Å². The molecule has 0 saturated carbocycles. The number of aryl methyl sites for hydroxylation is 2. The SMILES string of the molecule is Cc1ccc(OCC(=O)OCC(=O)Nc2cc(S(=O)(=O)N3CCOCC3)ccc2Cl)cc1C. The molecule has 0 aromatic heterocycles. The number of morpholine rings is 1. The van der Waals surface area contributed by atoms with Gasteiger partial charge in [-0.25, -0.2) is 13.2 Å². The zero-order chi connectivity index (χ0) is 24.0. The van der Waals surface area contributed by atoms with Crippen molar-refractivity contribution >= 4 is 39.2 Å². The number of esters is 1. The van der Waals surface area contributed by atoms with Crippen molar-refractivity contribution in [2.24, 2.45) is 0 Å². The van der Waals surface area contributed by atoms with E-state index in [0.29, 0.717) is 19.0 Å². The third kappa shape index (κ3) is 6.67. The average Bonchev–Trinajstić information content (AvgIpc) is 2.80. The fourth-order valence-electron chi connectivity index (χ4n) is 3.02. The Labute approximate surface area is 197 Å². The second-order valence-corrected chi connectivity index (χ2v) is 9.75. The van der Waals surface area contributed by atoms with Gasteiger partial charge in [0.2, 0.25) is 10.0 Å². The van der Waals surface area contributed by atoms with Crippen molar-refractivity contribution < 1.29 is 32.2 Å². The van der Waals surface area contributed by atoms with Gasteiger partial charge >= 0.3 is 5.97 Å². The second-order valence-electron chi connectivity index (χ2n) is 7.40. The van der Waals surface area contributed by atoms with Crippen LogP contribution in [-0.2, 0) is 29.1 Å². The van der Waals surface area contributed by atoms with Crippen LogP contribution in [0.15, 0.2) is 41.3 Å². The van der Waals surface area contributed by atoms with Gasteiger partial charge in [0, 0.05) is 13.1 Å². The second kappa shape index (κ2) is 11.0. The van der Waals surface area contributed by atoms with Crippen molar-refractivity contribution in [1.82, 2.24) is 4.31 Å². The first kappa shape index (κ1) is 25.0. The van der Waals surface area contributed by atoms with Gasteiger partial charge in [0.25, 0.3) is 5.91 Å². The standard InChI is InChI=1S/C22H25ClN2O7S/c1-15-3-4-17(11-16(15)2)31-14-22(27)32-13-21(26)24-20-12-18(5-6-19(20)23)33(28,29)25-7-9-30-10-8-25/h3-6,11-12H,7-10,13-14H2,1-2H3,(H,24,26). The summed E-state index contributed by atoms with van der Waals surface area (Å²) in [6, 6.07) is 9.44.